The van der Waals surface area contributed by atoms with Crippen LogP contribution in [0.3, 0.4) is 0 Å². The third-order valence-corrected chi connectivity index (χ3v) is 12.0. The number of thiophene rings is 1. The molecule has 1 nitrogen and oxygen atoms in total. The van der Waals surface area contributed by atoms with Gasteiger partial charge in [0.2, 0.25) is 0 Å². The molecule has 242 valence electrons. The summed E-state index contributed by atoms with van der Waals surface area (Å²) in [5, 5.41) is 5.22. The molecule has 0 fully saturated rings. The Balaban J connectivity index is 1.19. The molecular weight excluding hydrogens is 635 g/mol. The fraction of sp³-hybridized carbons (Fsp3) is 0.0612. The van der Waals surface area contributed by atoms with Crippen molar-refractivity contribution in [2.45, 2.75) is 19.3 Å². The van der Waals surface area contributed by atoms with Gasteiger partial charge in [-0.25, -0.2) is 0 Å². The van der Waals surface area contributed by atoms with Gasteiger partial charge < -0.3 is 4.90 Å². The molecule has 0 bridgehead atoms. The van der Waals surface area contributed by atoms with Gasteiger partial charge in [-0.1, -0.05) is 147 Å². The third-order valence-electron chi connectivity index (χ3n) is 10.9. The molecule has 0 unspecified atom stereocenters. The molecule has 8 aromatic carbocycles. The van der Waals surface area contributed by atoms with Crippen LogP contribution in [0, 0.1) is 0 Å². The monoisotopic (exact) mass is 669 g/mol. The quantitative estimate of drug-likeness (QED) is 0.176. The molecule has 0 N–H and O–H groups in total. The van der Waals surface area contributed by atoms with Crippen LogP contribution in [0.4, 0.5) is 17.1 Å². The number of anilines is 3. The molecule has 51 heavy (non-hydrogen) atoms. The summed E-state index contributed by atoms with van der Waals surface area (Å²) in [6.07, 6.45) is 0. The summed E-state index contributed by atoms with van der Waals surface area (Å²) in [6, 6.07) is 64.8. The first kappa shape index (κ1) is 29.9. The van der Waals surface area contributed by atoms with E-state index in [1.165, 1.54) is 75.5 Å². The van der Waals surface area contributed by atoms with Gasteiger partial charge in [-0.3, -0.25) is 0 Å². The summed E-state index contributed by atoms with van der Waals surface area (Å²) >= 11 is 1.88. The average Bonchev–Trinajstić information content (AvgIpc) is 3.66. The van der Waals surface area contributed by atoms with Crippen molar-refractivity contribution in [2.24, 2.45) is 0 Å². The zero-order chi connectivity index (χ0) is 34.1. The lowest BCUT2D eigenvalue weighted by Gasteiger charge is -2.29. The zero-order valence-corrected chi connectivity index (χ0v) is 29.4. The van der Waals surface area contributed by atoms with Crippen molar-refractivity contribution in [1.29, 1.82) is 0 Å². The molecular formula is C49H35NS. The molecule has 0 atom stereocenters. The van der Waals surface area contributed by atoms with E-state index < -0.39 is 0 Å². The van der Waals surface area contributed by atoms with Crippen LogP contribution < -0.4 is 4.90 Å². The van der Waals surface area contributed by atoms with E-state index in [-0.39, 0.29) is 5.41 Å². The van der Waals surface area contributed by atoms with E-state index >= 15 is 0 Å². The summed E-state index contributed by atoms with van der Waals surface area (Å²) in [7, 11) is 0. The van der Waals surface area contributed by atoms with Crippen LogP contribution >= 0.6 is 11.3 Å². The largest absolute Gasteiger partial charge is 0.310 e. The highest BCUT2D eigenvalue weighted by atomic mass is 32.1. The molecule has 0 saturated carbocycles. The summed E-state index contributed by atoms with van der Waals surface area (Å²) in [5.41, 5.74) is 13.7. The SMILES string of the molecule is CC1(C)c2ccccc2-c2cc(N(c3ccc(-c4c5ccccc5cc5sc6ccccc6c45)cc3)c3ccccc3-c3ccccc3)ccc21. The van der Waals surface area contributed by atoms with E-state index in [0.717, 1.165) is 17.1 Å². The Kier molecular flexibility index (Phi) is 6.78. The van der Waals surface area contributed by atoms with E-state index in [4.69, 9.17) is 0 Å². The van der Waals surface area contributed by atoms with Crippen LogP contribution in [0.15, 0.2) is 176 Å². The van der Waals surface area contributed by atoms with Gasteiger partial charge in [0.25, 0.3) is 0 Å². The fourth-order valence-electron chi connectivity index (χ4n) is 8.43. The predicted octanol–water partition coefficient (Wildman–Crippen LogP) is 14.3. The van der Waals surface area contributed by atoms with Gasteiger partial charge in [0.1, 0.15) is 0 Å². The van der Waals surface area contributed by atoms with Crippen molar-refractivity contribution in [2.75, 3.05) is 4.90 Å². The van der Waals surface area contributed by atoms with E-state index in [1.807, 2.05) is 11.3 Å². The molecule has 0 amide bonds. The van der Waals surface area contributed by atoms with Gasteiger partial charge in [0.15, 0.2) is 0 Å². The van der Waals surface area contributed by atoms with E-state index in [9.17, 15) is 0 Å². The second kappa shape index (κ2) is 11.6. The van der Waals surface area contributed by atoms with Gasteiger partial charge in [-0.15, -0.1) is 11.3 Å². The van der Waals surface area contributed by atoms with Crippen molar-refractivity contribution >= 4 is 59.3 Å². The minimum atomic E-state index is -0.0471. The maximum Gasteiger partial charge on any atom is 0.0540 e. The van der Waals surface area contributed by atoms with Crippen LogP contribution in [-0.2, 0) is 5.41 Å². The number of hydrogen-bond acceptors (Lipinski definition) is 2. The average molecular weight is 670 g/mol. The summed E-state index contributed by atoms with van der Waals surface area (Å²) < 4.78 is 2.65. The highest BCUT2D eigenvalue weighted by Crippen LogP contribution is 2.51. The maximum absolute atomic E-state index is 2.44. The molecule has 0 radical (unpaired) electrons. The molecule has 1 heterocycles. The van der Waals surface area contributed by atoms with Gasteiger partial charge in [0.05, 0.1) is 5.69 Å². The first-order valence-electron chi connectivity index (χ1n) is 17.7. The van der Waals surface area contributed by atoms with Crippen molar-refractivity contribution in [3.05, 3.63) is 187 Å². The van der Waals surface area contributed by atoms with Gasteiger partial charge in [-0.2, -0.15) is 0 Å². The van der Waals surface area contributed by atoms with Gasteiger partial charge >= 0.3 is 0 Å². The van der Waals surface area contributed by atoms with E-state index in [2.05, 4.69) is 195 Å². The lowest BCUT2D eigenvalue weighted by Crippen LogP contribution is -2.15. The normalized spacial score (nSPS) is 13.1. The molecule has 0 aliphatic heterocycles. The third kappa shape index (κ3) is 4.67. The summed E-state index contributed by atoms with van der Waals surface area (Å²) in [5.74, 6) is 0. The first-order valence-corrected chi connectivity index (χ1v) is 18.5. The van der Waals surface area contributed by atoms with Crippen LogP contribution in [0.25, 0.3) is 64.3 Å². The Bertz CT molecular complexity index is 2770. The second-order valence-electron chi connectivity index (χ2n) is 14.1. The number of nitrogens with zero attached hydrogens (tertiary/aromatic N) is 1. The molecule has 0 spiro atoms. The fourth-order valence-corrected chi connectivity index (χ4v) is 9.60. The highest BCUT2D eigenvalue weighted by Gasteiger charge is 2.35. The molecule has 1 aliphatic rings. The number of hydrogen-bond donors (Lipinski definition) is 0. The van der Waals surface area contributed by atoms with Crippen molar-refractivity contribution < 1.29 is 0 Å². The van der Waals surface area contributed by atoms with Crippen molar-refractivity contribution in [1.82, 2.24) is 0 Å². The molecule has 9 aromatic rings. The van der Waals surface area contributed by atoms with Crippen molar-refractivity contribution in [3.8, 4) is 33.4 Å². The first-order chi connectivity index (χ1) is 25.1. The van der Waals surface area contributed by atoms with E-state index in [0.29, 0.717) is 0 Å². The highest BCUT2D eigenvalue weighted by molar-refractivity contribution is 7.26. The smallest absolute Gasteiger partial charge is 0.0540 e. The summed E-state index contributed by atoms with van der Waals surface area (Å²) in [6.45, 7) is 4.69. The van der Waals surface area contributed by atoms with E-state index in [1.54, 1.807) is 0 Å². The van der Waals surface area contributed by atoms with Crippen LogP contribution in [-0.4, -0.2) is 0 Å². The van der Waals surface area contributed by atoms with Gasteiger partial charge in [0, 0.05) is 42.5 Å². The predicted molar refractivity (Wildman–Crippen MR) is 220 cm³/mol. The Morgan fingerprint density at radius 1 is 0.451 bits per heavy atom. The Labute approximate surface area is 302 Å². The number of benzene rings is 8. The standard InChI is InChI=1S/C49H35NS/c1-49(2)42-21-11-8-19-39(42)41-31-36(28-29-43(41)49)50(44-22-12-9-17-37(44)32-14-4-3-5-15-32)35-26-24-33(25-27-35)47-38-18-7-6-16-34(38)30-46-48(47)40-20-10-13-23-45(40)51-46/h3-31H,1-2H3. The summed E-state index contributed by atoms with van der Waals surface area (Å²) in [4.78, 5) is 2.44. The molecule has 1 aromatic heterocycles. The lowest BCUT2D eigenvalue weighted by atomic mass is 9.82. The maximum atomic E-state index is 2.44. The minimum Gasteiger partial charge on any atom is -0.310 e. The molecule has 2 heteroatoms. The lowest BCUT2D eigenvalue weighted by molar-refractivity contribution is 0.660. The molecule has 10 rings (SSSR count). The number of fused-ring (bicyclic) bond motifs is 7. The topological polar surface area (TPSA) is 3.24 Å². The zero-order valence-electron chi connectivity index (χ0n) is 28.6. The molecule has 1 aliphatic carbocycles. The number of para-hydroxylation sites is 1. The van der Waals surface area contributed by atoms with Crippen molar-refractivity contribution in [3.63, 3.8) is 0 Å². The van der Waals surface area contributed by atoms with Crippen LogP contribution in [0.1, 0.15) is 25.0 Å². The minimum absolute atomic E-state index is 0.0471. The second-order valence-corrected chi connectivity index (χ2v) is 15.2. The Hall–Kier alpha value is -5.96. The van der Waals surface area contributed by atoms with Gasteiger partial charge in [-0.05, 0) is 92.2 Å². The number of rotatable bonds is 5. The Morgan fingerprint density at radius 2 is 1.10 bits per heavy atom. The molecule has 0 saturated heterocycles. The van der Waals surface area contributed by atoms with Crippen LogP contribution in [0.2, 0.25) is 0 Å². The van der Waals surface area contributed by atoms with Crippen LogP contribution in [0.5, 0.6) is 0 Å². The Morgan fingerprint density at radius 3 is 1.94 bits per heavy atom.